The Morgan fingerprint density at radius 3 is 2.69 bits per heavy atom. The van der Waals surface area contributed by atoms with Crippen LogP contribution >= 0.6 is 0 Å². The monoisotopic (exact) mass is 221 g/mol. The summed E-state index contributed by atoms with van der Waals surface area (Å²) in [4.78, 5) is 0. The molecule has 0 saturated heterocycles. The Bertz CT molecular complexity index is 286. The zero-order valence-electron chi connectivity index (χ0n) is 10.2. The van der Waals surface area contributed by atoms with Crippen molar-refractivity contribution in [2.24, 2.45) is 0 Å². The number of nitrogen functional groups attached to an aromatic ring is 1. The van der Waals surface area contributed by atoms with Crippen LogP contribution in [0.1, 0.15) is 44.6 Å². The second-order valence-electron chi connectivity index (χ2n) is 4.21. The smallest absolute Gasteiger partial charge is 0.0717 e. The minimum absolute atomic E-state index is 0.679. The first kappa shape index (κ1) is 13.0. The molecule has 90 valence electrons. The Morgan fingerprint density at radius 1 is 1.12 bits per heavy atom. The average molecular weight is 221 g/mol. The summed E-state index contributed by atoms with van der Waals surface area (Å²) in [7, 11) is 0. The van der Waals surface area contributed by atoms with Gasteiger partial charge in [-0.15, -0.1) is 0 Å². The van der Waals surface area contributed by atoms with Gasteiger partial charge in [0.25, 0.3) is 0 Å². The fourth-order valence-corrected chi connectivity index (χ4v) is 1.68. The van der Waals surface area contributed by atoms with Gasteiger partial charge in [0, 0.05) is 12.3 Å². The van der Waals surface area contributed by atoms with Gasteiger partial charge in [0.05, 0.1) is 6.61 Å². The lowest BCUT2D eigenvalue weighted by Crippen LogP contribution is -1.96. The van der Waals surface area contributed by atoms with Crippen molar-refractivity contribution in [3.8, 4) is 0 Å². The van der Waals surface area contributed by atoms with E-state index in [0.717, 1.165) is 17.9 Å². The standard InChI is InChI=1S/C14H23NO/c1-2-3-4-5-6-10-16-12-13-8-7-9-14(15)11-13/h7-9,11H,2-6,10,12,15H2,1H3. The summed E-state index contributed by atoms with van der Waals surface area (Å²) in [6, 6.07) is 7.88. The largest absolute Gasteiger partial charge is 0.399 e. The highest BCUT2D eigenvalue weighted by atomic mass is 16.5. The number of rotatable bonds is 8. The summed E-state index contributed by atoms with van der Waals surface area (Å²) in [5.74, 6) is 0. The Morgan fingerprint density at radius 2 is 1.94 bits per heavy atom. The highest BCUT2D eigenvalue weighted by Gasteiger charge is 1.94. The molecule has 0 radical (unpaired) electrons. The quantitative estimate of drug-likeness (QED) is 0.536. The van der Waals surface area contributed by atoms with Gasteiger partial charge in [-0.3, -0.25) is 0 Å². The van der Waals surface area contributed by atoms with Crippen molar-refractivity contribution >= 4 is 5.69 Å². The normalized spacial score (nSPS) is 10.6. The van der Waals surface area contributed by atoms with Crippen LogP contribution in [0, 0.1) is 0 Å². The fraction of sp³-hybridized carbons (Fsp3) is 0.571. The van der Waals surface area contributed by atoms with Crippen LogP contribution in [0.15, 0.2) is 24.3 Å². The van der Waals surface area contributed by atoms with E-state index in [2.05, 4.69) is 6.92 Å². The molecule has 0 unspecified atom stereocenters. The predicted octanol–water partition coefficient (Wildman–Crippen LogP) is 3.76. The van der Waals surface area contributed by atoms with Gasteiger partial charge in [-0.05, 0) is 24.1 Å². The summed E-state index contributed by atoms with van der Waals surface area (Å²) in [5, 5.41) is 0. The maximum absolute atomic E-state index is 5.69. The molecule has 2 nitrogen and oxygen atoms in total. The summed E-state index contributed by atoms with van der Waals surface area (Å²) in [6.45, 7) is 3.77. The Kier molecular flexibility index (Phi) is 6.66. The Balaban J connectivity index is 2.03. The van der Waals surface area contributed by atoms with Gasteiger partial charge in [0.2, 0.25) is 0 Å². The molecule has 0 saturated carbocycles. The zero-order valence-corrected chi connectivity index (χ0v) is 10.2. The number of hydrogen-bond acceptors (Lipinski definition) is 2. The van der Waals surface area contributed by atoms with E-state index in [-0.39, 0.29) is 0 Å². The number of benzene rings is 1. The van der Waals surface area contributed by atoms with Crippen molar-refractivity contribution in [1.82, 2.24) is 0 Å². The summed E-state index contributed by atoms with van der Waals surface area (Å²) < 4.78 is 5.60. The maximum Gasteiger partial charge on any atom is 0.0717 e. The topological polar surface area (TPSA) is 35.2 Å². The van der Waals surface area contributed by atoms with Gasteiger partial charge in [0.1, 0.15) is 0 Å². The molecule has 0 atom stereocenters. The van der Waals surface area contributed by atoms with Crippen LogP contribution in [0.5, 0.6) is 0 Å². The van der Waals surface area contributed by atoms with Crippen LogP contribution in [0.2, 0.25) is 0 Å². The van der Waals surface area contributed by atoms with Gasteiger partial charge in [0.15, 0.2) is 0 Å². The number of hydrogen-bond donors (Lipinski definition) is 1. The molecule has 0 fully saturated rings. The molecular formula is C14H23NO. The van der Waals surface area contributed by atoms with Gasteiger partial charge in [-0.25, -0.2) is 0 Å². The van der Waals surface area contributed by atoms with E-state index in [0.29, 0.717) is 6.61 Å². The molecule has 2 heteroatoms. The van der Waals surface area contributed by atoms with E-state index in [1.165, 1.54) is 32.1 Å². The van der Waals surface area contributed by atoms with E-state index in [1.54, 1.807) is 0 Å². The van der Waals surface area contributed by atoms with E-state index in [1.807, 2.05) is 24.3 Å². The highest BCUT2D eigenvalue weighted by molar-refractivity contribution is 5.40. The maximum atomic E-state index is 5.69. The number of ether oxygens (including phenoxy) is 1. The lowest BCUT2D eigenvalue weighted by Gasteiger charge is -2.05. The van der Waals surface area contributed by atoms with Gasteiger partial charge >= 0.3 is 0 Å². The molecule has 0 amide bonds. The summed E-state index contributed by atoms with van der Waals surface area (Å²) in [5.41, 5.74) is 7.66. The minimum atomic E-state index is 0.679. The van der Waals surface area contributed by atoms with Gasteiger partial charge in [-0.1, -0.05) is 44.7 Å². The molecular weight excluding hydrogens is 198 g/mol. The van der Waals surface area contributed by atoms with Crippen molar-refractivity contribution in [1.29, 1.82) is 0 Å². The molecule has 1 aromatic rings. The zero-order chi connectivity index (χ0) is 11.6. The molecule has 1 aromatic carbocycles. The molecule has 0 spiro atoms. The molecule has 1 rings (SSSR count). The van der Waals surface area contributed by atoms with Crippen LogP contribution in [0.25, 0.3) is 0 Å². The van der Waals surface area contributed by atoms with Crippen molar-refractivity contribution in [2.75, 3.05) is 12.3 Å². The number of nitrogens with two attached hydrogens (primary N) is 1. The number of unbranched alkanes of at least 4 members (excludes halogenated alkanes) is 4. The highest BCUT2D eigenvalue weighted by Crippen LogP contribution is 2.08. The summed E-state index contributed by atoms with van der Waals surface area (Å²) in [6.07, 6.45) is 6.42. The second-order valence-corrected chi connectivity index (χ2v) is 4.21. The number of anilines is 1. The first-order valence-corrected chi connectivity index (χ1v) is 6.25. The summed E-state index contributed by atoms with van der Waals surface area (Å²) >= 11 is 0. The van der Waals surface area contributed by atoms with Crippen LogP contribution in [0.4, 0.5) is 5.69 Å². The van der Waals surface area contributed by atoms with E-state index < -0.39 is 0 Å². The second kappa shape index (κ2) is 8.17. The Hall–Kier alpha value is -1.02. The van der Waals surface area contributed by atoms with Crippen LogP contribution < -0.4 is 5.73 Å². The van der Waals surface area contributed by atoms with E-state index in [4.69, 9.17) is 10.5 Å². The van der Waals surface area contributed by atoms with Gasteiger partial charge in [-0.2, -0.15) is 0 Å². The van der Waals surface area contributed by atoms with Gasteiger partial charge < -0.3 is 10.5 Å². The fourth-order valence-electron chi connectivity index (χ4n) is 1.68. The van der Waals surface area contributed by atoms with E-state index in [9.17, 15) is 0 Å². The molecule has 0 aliphatic heterocycles. The first-order valence-electron chi connectivity index (χ1n) is 6.25. The SMILES string of the molecule is CCCCCCCOCc1cccc(N)c1. The first-order chi connectivity index (χ1) is 7.83. The third-order valence-electron chi connectivity index (χ3n) is 2.61. The molecule has 2 N–H and O–H groups in total. The van der Waals surface area contributed by atoms with Crippen molar-refractivity contribution in [3.05, 3.63) is 29.8 Å². The van der Waals surface area contributed by atoms with Crippen LogP contribution in [0.3, 0.4) is 0 Å². The molecule has 0 aliphatic rings. The molecule has 0 aromatic heterocycles. The molecule has 0 heterocycles. The van der Waals surface area contributed by atoms with Crippen molar-refractivity contribution in [3.63, 3.8) is 0 Å². The lowest BCUT2D eigenvalue weighted by molar-refractivity contribution is 0.117. The predicted molar refractivity (Wildman–Crippen MR) is 69.3 cm³/mol. The molecule has 16 heavy (non-hydrogen) atoms. The molecule has 0 aliphatic carbocycles. The lowest BCUT2D eigenvalue weighted by atomic mass is 10.2. The molecule has 0 bridgehead atoms. The average Bonchev–Trinajstić information content (AvgIpc) is 2.28. The third kappa shape index (κ3) is 5.76. The third-order valence-corrected chi connectivity index (χ3v) is 2.61. The Labute approximate surface area is 98.8 Å². The van der Waals surface area contributed by atoms with E-state index >= 15 is 0 Å². The minimum Gasteiger partial charge on any atom is -0.399 e. The van der Waals surface area contributed by atoms with Crippen molar-refractivity contribution < 1.29 is 4.74 Å². The van der Waals surface area contributed by atoms with Crippen LogP contribution in [-0.4, -0.2) is 6.61 Å². The van der Waals surface area contributed by atoms with Crippen LogP contribution in [-0.2, 0) is 11.3 Å². The van der Waals surface area contributed by atoms with Crippen molar-refractivity contribution in [2.45, 2.75) is 45.6 Å².